The Morgan fingerprint density at radius 1 is 1.07 bits per heavy atom. The van der Waals surface area contributed by atoms with Crippen molar-refractivity contribution in [1.29, 1.82) is 0 Å². The van der Waals surface area contributed by atoms with Gasteiger partial charge in [0.15, 0.2) is 11.5 Å². The lowest BCUT2D eigenvalue weighted by atomic mass is 10.1. The van der Waals surface area contributed by atoms with Gasteiger partial charge in [-0.3, -0.25) is 4.79 Å². The average Bonchev–Trinajstić information content (AvgIpc) is 2.76. The van der Waals surface area contributed by atoms with Gasteiger partial charge in [-0.2, -0.15) is 4.31 Å². The first-order chi connectivity index (χ1) is 14.4. The predicted octanol–water partition coefficient (Wildman–Crippen LogP) is 2.69. The molecule has 1 fully saturated rings. The molecule has 30 heavy (non-hydrogen) atoms. The number of morpholine rings is 1. The van der Waals surface area contributed by atoms with Crippen LogP contribution >= 0.6 is 11.6 Å². The van der Waals surface area contributed by atoms with E-state index >= 15 is 0 Å². The molecule has 2 aromatic carbocycles. The highest BCUT2D eigenvalue weighted by Crippen LogP contribution is 2.38. The number of nitrogens with zero attached hydrogens (tertiary/aromatic N) is 1. The van der Waals surface area contributed by atoms with E-state index in [-0.39, 0.29) is 48.3 Å². The summed E-state index contributed by atoms with van der Waals surface area (Å²) in [6.07, 6.45) is 0. The van der Waals surface area contributed by atoms with Crippen LogP contribution in [-0.4, -0.2) is 58.1 Å². The molecule has 0 aromatic heterocycles. The van der Waals surface area contributed by atoms with Crippen molar-refractivity contribution in [1.82, 2.24) is 4.31 Å². The molecular weight excluding hydrogens is 432 g/mol. The number of benzene rings is 2. The van der Waals surface area contributed by atoms with Crippen molar-refractivity contribution in [2.45, 2.75) is 11.8 Å². The Kier molecular flexibility index (Phi) is 5.88. The second-order valence-electron chi connectivity index (χ2n) is 6.93. The van der Waals surface area contributed by atoms with E-state index in [2.05, 4.69) is 5.32 Å². The van der Waals surface area contributed by atoms with E-state index in [1.807, 2.05) is 6.92 Å². The van der Waals surface area contributed by atoms with Crippen molar-refractivity contribution >= 4 is 33.2 Å². The maximum absolute atomic E-state index is 13.1. The van der Waals surface area contributed by atoms with Gasteiger partial charge in [0, 0.05) is 29.9 Å². The van der Waals surface area contributed by atoms with E-state index in [0.29, 0.717) is 23.9 Å². The number of hydrogen-bond acceptors (Lipinski definition) is 6. The molecule has 0 aliphatic carbocycles. The molecular formula is C20H21ClN2O6S. The summed E-state index contributed by atoms with van der Waals surface area (Å²) in [5.74, 6) is -0.0729. The van der Waals surface area contributed by atoms with Crippen molar-refractivity contribution in [3.05, 3.63) is 46.5 Å². The Balaban J connectivity index is 1.72. The molecule has 0 radical (unpaired) electrons. The summed E-state index contributed by atoms with van der Waals surface area (Å²) in [6, 6.07) is 7.86. The molecule has 2 aliphatic heterocycles. The number of rotatable bonds is 4. The van der Waals surface area contributed by atoms with Gasteiger partial charge in [-0.1, -0.05) is 17.7 Å². The molecule has 0 unspecified atom stereocenters. The number of carbonyl (C=O) groups excluding carboxylic acids is 1. The van der Waals surface area contributed by atoms with Crippen molar-refractivity contribution in [3.8, 4) is 11.5 Å². The first-order valence-corrected chi connectivity index (χ1v) is 11.3. The fourth-order valence-electron chi connectivity index (χ4n) is 3.25. The number of nitrogens with one attached hydrogen (secondary N) is 1. The monoisotopic (exact) mass is 452 g/mol. The number of anilines is 1. The van der Waals surface area contributed by atoms with Gasteiger partial charge in [0.25, 0.3) is 5.91 Å². The third-order valence-corrected chi connectivity index (χ3v) is 7.18. The van der Waals surface area contributed by atoms with Crippen LogP contribution in [0.3, 0.4) is 0 Å². The minimum absolute atomic E-state index is 0.0271. The van der Waals surface area contributed by atoms with Gasteiger partial charge >= 0.3 is 0 Å². The van der Waals surface area contributed by atoms with Crippen LogP contribution in [-0.2, 0) is 14.8 Å². The van der Waals surface area contributed by atoms with Crippen LogP contribution < -0.4 is 14.8 Å². The Labute approximate surface area is 179 Å². The molecule has 1 N–H and O–H groups in total. The fraction of sp³-hybridized carbons (Fsp3) is 0.350. The molecule has 2 aromatic rings. The van der Waals surface area contributed by atoms with Crippen LogP contribution in [0.15, 0.2) is 35.2 Å². The lowest BCUT2D eigenvalue weighted by Crippen LogP contribution is -2.40. The summed E-state index contributed by atoms with van der Waals surface area (Å²) in [4.78, 5) is 13.0. The number of halogens is 1. The summed E-state index contributed by atoms with van der Waals surface area (Å²) >= 11 is 6.14. The lowest BCUT2D eigenvalue weighted by molar-refractivity contribution is 0.0730. The standard InChI is InChI=1S/C20H21ClN2O6S/c1-13-2-3-14(10-17(13)21)22-20(24)16-11-15(12-18-19(16)29-9-8-28-18)30(25,26)23-4-6-27-7-5-23/h2-3,10-12H,4-9H2,1H3,(H,22,24). The van der Waals surface area contributed by atoms with Gasteiger partial charge in [0.2, 0.25) is 10.0 Å². The van der Waals surface area contributed by atoms with Crippen molar-refractivity contribution in [2.24, 2.45) is 0 Å². The van der Waals surface area contributed by atoms with Gasteiger partial charge in [0.1, 0.15) is 13.2 Å². The molecule has 1 amide bonds. The number of ether oxygens (including phenoxy) is 3. The number of fused-ring (bicyclic) bond motifs is 1. The highest BCUT2D eigenvalue weighted by molar-refractivity contribution is 7.89. The molecule has 4 rings (SSSR count). The van der Waals surface area contributed by atoms with Gasteiger partial charge in [-0.05, 0) is 30.7 Å². The highest BCUT2D eigenvalue weighted by atomic mass is 35.5. The second kappa shape index (κ2) is 8.43. The molecule has 8 nitrogen and oxygen atoms in total. The van der Waals surface area contributed by atoms with E-state index in [1.165, 1.54) is 16.4 Å². The van der Waals surface area contributed by atoms with Crippen LogP contribution in [0.2, 0.25) is 5.02 Å². The van der Waals surface area contributed by atoms with E-state index in [1.54, 1.807) is 18.2 Å². The van der Waals surface area contributed by atoms with Gasteiger partial charge in [-0.25, -0.2) is 8.42 Å². The molecule has 0 atom stereocenters. The van der Waals surface area contributed by atoms with Crippen LogP contribution in [0, 0.1) is 6.92 Å². The van der Waals surface area contributed by atoms with E-state index < -0.39 is 15.9 Å². The number of sulfonamides is 1. The zero-order valence-electron chi connectivity index (χ0n) is 16.3. The normalized spacial score (nSPS) is 16.9. The maximum atomic E-state index is 13.1. The van der Waals surface area contributed by atoms with Crippen LogP contribution in [0.1, 0.15) is 15.9 Å². The summed E-state index contributed by atoms with van der Waals surface area (Å²) in [5, 5.41) is 3.26. The quantitative estimate of drug-likeness (QED) is 0.766. The summed E-state index contributed by atoms with van der Waals surface area (Å²) in [6.45, 7) is 3.54. The Morgan fingerprint density at radius 3 is 2.53 bits per heavy atom. The largest absolute Gasteiger partial charge is 0.486 e. The zero-order chi connectivity index (χ0) is 21.3. The molecule has 10 heteroatoms. The van der Waals surface area contributed by atoms with Crippen LogP contribution in [0.25, 0.3) is 0 Å². The first kappa shape index (κ1) is 20.9. The average molecular weight is 453 g/mol. The Morgan fingerprint density at radius 2 is 1.80 bits per heavy atom. The van der Waals surface area contributed by atoms with E-state index in [4.69, 9.17) is 25.8 Å². The maximum Gasteiger partial charge on any atom is 0.259 e. The van der Waals surface area contributed by atoms with Crippen LogP contribution in [0.5, 0.6) is 11.5 Å². The third kappa shape index (κ3) is 4.11. The lowest BCUT2D eigenvalue weighted by Gasteiger charge is -2.27. The first-order valence-electron chi connectivity index (χ1n) is 9.45. The van der Waals surface area contributed by atoms with Crippen LogP contribution in [0.4, 0.5) is 5.69 Å². The molecule has 0 bridgehead atoms. The van der Waals surface area contributed by atoms with Gasteiger partial charge in [-0.15, -0.1) is 0 Å². The summed E-state index contributed by atoms with van der Waals surface area (Å²) < 4.78 is 44.0. The number of amides is 1. The number of hydrogen-bond donors (Lipinski definition) is 1. The number of carbonyl (C=O) groups is 1. The Bertz CT molecular complexity index is 1080. The molecule has 2 aliphatic rings. The smallest absolute Gasteiger partial charge is 0.259 e. The van der Waals surface area contributed by atoms with Gasteiger partial charge in [0.05, 0.1) is 23.7 Å². The topological polar surface area (TPSA) is 94.2 Å². The molecule has 160 valence electrons. The SMILES string of the molecule is Cc1ccc(NC(=O)c2cc(S(=O)(=O)N3CCOCC3)cc3c2OCCO3)cc1Cl. The van der Waals surface area contributed by atoms with E-state index in [9.17, 15) is 13.2 Å². The van der Waals surface area contributed by atoms with Crippen molar-refractivity contribution in [3.63, 3.8) is 0 Å². The van der Waals surface area contributed by atoms with Crippen molar-refractivity contribution in [2.75, 3.05) is 44.8 Å². The third-order valence-electron chi connectivity index (χ3n) is 4.90. The fourth-order valence-corrected chi connectivity index (χ4v) is 4.88. The predicted molar refractivity (Wildman–Crippen MR) is 111 cm³/mol. The second-order valence-corrected chi connectivity index (χ2v) is 9.27. The number of aryl methyl sites for hydroxylation is 1. The zero-order valence-corrected chi connectivity index (χ0v) is 17.9. The molecule has 0 spiro atoms. The van der Waals surface area contributed by atoms with Gasteiger partial charge < -0.3 is 19.5 Å². The molecule has 0 saturated carbocycles. The van der Waals surface area contributed by atoms with Crippen molar-refractivity contribution < 1.29 is 27.4 Å². The summed E-state index contributed by atoms with van der Waals surface area (Å²) in [7, 11) is -3.82. The highest BCUT2D eigenvalue weighted by Gasteiger charge is 2.31. The minimum atomic E-state index is -3.82. The summed E-state index contributed by atoms with van der Waals surface area (Å²) in [5.41, 5.74) is 1.45. The minimum Gasteiger partial charge on any atom is -0.486 e. The molecule has 2 heterocycles. The molecule has 1 saturated heterocycles. The van der Waals surface area contributed by atoms with E-state index in [0.717, 1.165) is 5.56 Å². The Hall–Kier alpha value is -2.33.